The van der Waals surface area contributed by atoms with Gasteiger partial charge in [0.15, 0.2) is 0 Å². The summed E-state index contributed by atoms with van der Waals surface area (Å²) in [5.74, 6) is 1.14. The van der Waals surface area contributed by atoms with Crippen LogP contribution in [0.3, 0.4) is 0 Å². The molecule has 1 aliphatic heterocycles. The summed E-state index contributed by atoms with van der Waals surface area (Å²) in [7, 11) is 0. The molecule has 0 aromatic heterocycles. The van der Waals surface area contributed by atoms with Crippen LogP contribution in [0.4, 0.5) is 0 Å². The molecule has 7 nitrogen and oxygen atoms in total. The number of ether oxygens (including phenoxy) is 3. The number of rotatable bonds is 5. The highest BCUT2D eigenvalue weighted by Gasteiger charge is 2.13. The van der Waals surface area contributed by atoms with Crippen molar-refractivity contribution in [1.29, 1.82) is 0 Å². The number of hydrogen-bond donors (Lipinski definition) is 2. The summed E-state index contributed by atoms with van der Waals surface area (Å²) in [4.78, 5) is 25.1. The monoisotopic (exact) mass is 460 g/mol. The summed E-state index contributed by atoms with van der Waals surface area (Å²) in [5, 5.41) is 5.75. The normalized spacial score (nSPS) is 14.1. The summed E-state index contributed by atoms with van der Waals surface area (Å²) in [5.41, 5.74) is 2.94. The van der Waals surface area contributed by atoms with Crippen LogP contribution >= 0.6 is 0 Å². The van der Waals surface area contributed by atoms with Gasteiger partial charge in [-0.3, -0.25) is 9.59 Å². The van der Waals surface area contributed by atoms with Crippen molar-refractivity contribution in [3.05, 3.63) is 95.1 Å². The molecule has 4 rings (SSSR count). The third kappa shape index (κ3) is 6.59. The molecule has 2 N–H and O–H groups in total. The maximum absolute atomic E-state index is 12.7. The Morgan fingerprint density at radius 3 is 2.74 bits per heavy atom. The van der Waals surface area contributed by atoms with Crippen LogP contribution in [0.1, 0.15) is 31.8 Å². The maximum atomic E-state index is 12.7. The fourth-order valence-electron chi connectivity index (χ4n) is 3.65. The van der Waals surface area contributed by atoms with Crippen molar-refractivity contribution in [2.75, 3.05) is 39.5 Å². The highest BCUT2D eigenvalue weighted by Crippen LogP contribution is 2.24. The summed E-state index contributed by atoms with van der Waals surface area (Å²) < 4.78 is 17.1. The van der Waals surface area contributed by atoms with E-state index >= 15 is 0 Å². The zero-order chi connectivity index (χ0) is 23.6. The Morgan fingerprint density at radius 1 is 0.971 bits per heavy atom. The minimum atomic E-state index is -0.185. The molecule has 0 saturated heterocycles. The number of amides is 2. The maximum Gasteiger partial charge on any atom is 0.251 e. The number of hydrogen-bond acceptors (Lipinski definition) is 5. The Hall–Kier alpha value is -3.84. The van der Waals surface area contributed by atoms with Crippen LogP contribution in [0.5, 0.6) is 11.5 Å². The molecule has 0 aliphatic carbocycles. The second kappa shape index (κ2) is 11.9. The van der Waals surface area contributed by atoms with Gasteiger partial charge in [-0.1, -0.05) is 30.3 Å². The highest BCUT2D eigenvalue weighted by atomic mass is 16.5. The molecule has 1 heterocycles. The largest absolute Gasteiger partial charge is 0.492 e. The van der Waals surface area contributed by atoms with Gasteiger partial charge in [-0.2, -0.15) is 0 Å². The van der Waals surface area contributed by atoms with Gasteiger partial charge < -0.3 is 24.8 Å². The smallest absolute Gasteiger partial charge is 0.251 e. The van der Waals surface area contributed by atoms with Crippen molar-refractivity contribution in [2.24, 2.45) is 0 Å². The first kappa shape index (κ1) is 23.3. The van der Waals surface area contributed by atoms with Crippen LogP contribution in [0.2, 0.25) is 0 Å². The second-order valence-electron chi connectivity index (χ2n) is 7.83. The topological polar surface area (TPSA) is 85.9 Å². The lowest BCUT2D eigenvalue weighted by Crippen LogP contribution is -2.28. The van der Waals surface area contributed by atoms with Crippen LogP contribution in [0, 0.1) is 0 Å². The molecule has 2 amide bonds. The molecule has 176 valence electrons. The van der Waals surface area contributed by atoms with E-state index in [4.69, 9.17) is 14.2 Å². The van der Waals surface area contributed by atoms with E-state index in [1.807, 2.05) is 60.7 Å². The second-order valence-corrected chi connectivity index (χ2v) is 7.83. The minimum Gasteiger partial charge on any atom is -0.492 e. The third-order valence-corrected chi connectivity index (χ3v) is 5.32. The van der Waals surface area contributed by atoms with Gasteiger partial charge in [-0.15, -0.1) is 0 Å². The Morgan fingerprint density at radius 2 is 1.85 bits per heavy atom. The average molecular weight is 461 g/mol. The predicted octanol–water partition coefficient (Wildman–Crippen LogP) is 3.23. The quantitative estimate of drug-likeness (QED) is 0.571. The number of nitrogens with one attached hydrogen (secondary N) is 2. The number of carbonyl (C=O) groups is 2. The average Bonchev–Trinajstić information content (AvgIpc) is 2.87. The number of fused-ring (bicyclic) bond motifs is 3. The Kier molecular flexibility index (Phi) is 8.13. The SMILES string of the molecule is O=C1NCCOCCOc2ccc(C(=O)NCCOc3ccccc3)cc2Cc2cccc1c2. The molecule has 0 unspecified atom stereocenters. The van der Waals surface area contributed by atoms with Gasteiger partial charge in [0.25, 0.3) is 11.8 Å². The molecule has 34 heavy (non-hydrogen) atoms. The first-order chi connectivity index (χ1) is 16.7. The van der Waals surface area contributed by atoms with Crippen molar-refractivity contribution in [3.8, 4) is 11.5 Å². The van der Waals surface area contributed by atoms with Gasteiger partial charge in [0, 0.05) is 24.1 Å². The van der Waals surface area contributed by atoms with E-state index in [-0.39, 0.29) is 11.8 Å². The van der Waals surface area contributed by atoms with Crippen molar-refractivity contribution in [2.45, 2.75) is 6.42 Å². The van der Waals surface area contributed by atoms with Crippen LogP contribution < -0.4 is 20.1 Å². The van der Waals surface area contributed by atoms with Crippen LogP contribution in [-0.4, -0.2) is 51.3 Å². The zero-order valence-corrected chi connectivity index (χ0v) is 18.9. The summed E-state index contributed by atoms with van der Waals surface area (Å²) in [6.45, 7) is 2.39. The predicted molar refractivity (Wildman–Crippen MR) is 129 cm³/mol. The van der Waals surface area contributed by atoms with Gasteiger partial charge in [0.2, 0.25) is 0 Å². The lowest BCUT2D eigenvalue weighted by molar-refractivity contribution is 0.0865. The van der Waals surface area contributed by atoms with Crippen molar-refractivity contribution in [3.63, 3.8) is 0 Å². The standard InChI is InChI=1S/C27H28N2O5/c30-26-21-6-4-5-20(17-21)18-23-19-22(9-10-25(23)34-16-15-32-13-11-28-26)27(31)29-12-14-33-24-7-2-1-3-8-24/h1-10,17,19H,11-16,18H2,(H,28,30)(H,29,31). The first-order valence-electron chi connectivity index (χ1n) is 11.4. The first-order valence-corrected chi connectivity index (χ1v) is 11.4. The lowest BCUT2D eigenvalue weighted by atomic mass is 9.99. The lowest BCUT2D eigenvalue weighted by Gasteiger charge is -2.15. The molecular weight excluding hydrogens is 432 g/mol. The van der Waals surface area contributed by atoms with Crippen LogP contribution in [0.25, 0.3) is 0 Å². The molecule has 3 aromatic rings. The molecule has 0 radical (unpaired) electrons. The fraction of sp³-hybridized carbons (Fsp3) is 0.259. The Balaban J connectivity index is 1.46. The third-order valence-electron chi connectivity index (χ3n) is 5.32. The highest BCUT2D eigenvalue weighted by molar-refractivity contribution is 5.95. The molecule has 7 heteroatoms. The van der Waals surface area contributed by atoms with Gasteiger partial charge in [-0.25, -0.2) is 0 Å². The number of para-hydroxylation sites is 1. The number of carbonyl (C=O) groups excluding carboxylic acids is 2. The molecule has 0 saturated carbocycles. The summed E-state index contributed by atoms with van der Waals surface area (Å²) in [6, 6.07) is 22.3. The van der Waals surface area contributed by atoms with E-state index in [0.717, 1.165) is 16.9 Å². The summed E-state index contributed by atoms with van der Waals surface area (Å²) >= 11 is 0. The van der Waals surface area contributed by atoms with Crippen LogP contribution in [-0.2, 0) is 11.2 Å². The minimum absolute atomic E-state index is 0.134. The van der Waals surface area contributed by atoms with Gasteiger partial charge >= 0.3 is 0 Å². The van der Waals surface area contributed by atoms with Crippen LogP contribution in [0.15, 0.2) is 72.8 Å². The van der Waals surface area contributed by atoms with Gasteiger partial charge in [0.05, 0.1) is 19.8 Å². The number of benzene rings is 3. The van der Waals surface area contributed by atoms with E-state index in [1.165, 1.54) is 0 Å². The molecular formula is C27H28N2O5. The van der Waals surface area contributed by atoms with E-state index in [0.29, 0.717) is 62.8 Å². The molecule has 2 bridgehead atoms. The summed E-state index contributed by atoms with van der Waals surface area (Å²) in [6.07, 6.45) is 0.523. The molecule has 0 fully saturated rings. The van der Waals surface area contributed by atoms with E-state index in [2.05, 4.69) is 10.6 Å². The molecule has 0 atom stereocenters. The molecule has 3 aromatic carbocycles. The fourth-order valence-corrected chi connectivity index (χ4v) is 3.65. The molecule has 0 spiro atoms. The molecule has 1 aliphatic rings. The zero-order valence-electron chi connectivity index (χ0n) is 18.9. The van der Waals surface area contributed by atoms with Crippen molar-refractivity contribution in [1.82, 2.24) is 10.6 Å². The van der Waals surface area contributed by atoms with E-state index in [1.54, 1.807) is 12.1 Å². The Labute approximate surface area is 199 Å². The van der Waals surface area contributed by atoms with Crippen molar-refractivity contribution >= 4 is 11.8 Å². The van der Waals surface area contributed by atoms with E-state index in [9.17, 15) is 9.59 Å². The van der Waals surface area contributed by atoms with Gasteiger partial charge in [0.1, 0.15) is 24.7 Å². The van der Waals surface area contributed by atoms with Crippen molar-refractivity contribution < 1.29 is 23.8 Å². The Bertz CT molecular complexity index is 1120. The van der Waals surface area contributed by atoms with Gasteiger partial charge in [-0.05, 0) is 53.6 Å². The van der Waals surface area contributed by atoms with E-state index < -0.39 is 0 Å².